The van der Waals surface area contributed by atoms with E-state index in [1.54, 1.807) is 0 Å². The van der Waals surface area contributed by atoms with Gasteiger partial charge in [-0.05, 0) is 51.2 Å². The molecule has 1 amide bonds. The Morgan fingerprint density at radius 1 is 1.35 bits per heavy atom. The van der Waals surface area contributed by atoms with Crippen LogP contribution in [-0.4, -0.2) is 36.0 Å². The minimum Gasteiger partial charge on any atom is -0.466 e. The minimum atomic E-state index is 0.158. The fraction of sp³-hybridized carbons (Fsp3) is 0.737. The Morgan fingerprint density at radius 3 is 2.65 bits per heavy atom. The Hall–Kier alpha value is -1.29. The van der Waals surface area contributed by atoms with Crippen molar-refractivity contribution in [3.8, 4) is 0 Å². The van der Waals surface area contributed by atoms with Crippen LogP contribution in [0, 0.1) is 5.92 Å². The summed E-state index contributed by atoms with van der Waals surface area (Å²) in [7, 11) is 0. The molecule has 2 fully saturated rings. The average molecular weight is 318 g/mol. The highest BCUT2D eigenvalue weighted by Gasteiger charge is 2.36. The number of piperidine rings is 1. The van der Waals surface area contributed by atoms with E-state index in [1.807, 2.05) is 6.07 Å². The first-order chi connectivity index (χ1) is 11.0. The molecule has 1 aromatic heterocycles. The number of rotatable bonds is 6. The number of hydrogen-bond acceptors (Lipinski definition) is 3. The van der Waals surface area contributed by atoms with Gasteiger partial charge < -0.3 is 14.6 Å². The van der Waals surface area contributed by atoms with Crippen molar-refractivity contribution in [1.82, 2.24) is 10.2 Å². The highest BCUT2D eigenvalue weighted by molar-refractivity contribution is 5.76. The van der Waals surface area contributed by atoms with E-state index in [4.69, 9.17) is 4.42 Å². The van der Waals surface area contributed by atoms with Gasteiger partial charge in [-0.1, -0.05) is 6.92 Å². The van der Waals surface area contributed by atoms with Crippen LogP contribution in [0.3, 0.4) is 0 Å². The van der Waals surface area contributed by atoms with Gasteiger partial charge in [0, 0.05) is 43.9 Å². The molecule has 4 nitrogen and oxygen atoms in total. The number of aryl methyl sites for hydroxylation is 1. The van der Waals surface area contributed by atoms with Crippen LogP contribution in [0.4, 0.5) is 0 Å². The van der Waals surface area contributed by atoms with Crippen molar-refractivity contribution in [3.05, 3.63) is 23.7 Å². The lowest BCUT2D eigenvalue weighted by molar-refractivity contribution is -0.122. The van der Waals surface area contributed by atoms with Crippen LogP contribution in [0.5, 0.6) is 0 Å². The van der Waals surface area contributed by atoms with Crippen molar-refractivity contribution in [3.63, 3.8) is 0 Å². The number of nitrogens with zero attached hydrogens (tertiary/aromatic N) is 1. The Kier molecular flexibility index (Phi) is 5.10. The molecule has 1 saturated carbocycles. The van der Waals surface area contributed by atoms with Crippen LogP contribution >= 0.6 is 0 Å². The summed E-state index contributed by atoms with van der Waals surface area (Å²) in [6, 6.07) is 5.07. The van der Waals surface area contributed by atoms with Crippen LogP contribution in [0.2, 0.25) is 0 Å². The van der Waals surface area contributed by atoms with Crippen LogP contribution in [0.1, 0.15) is 63.9 Å². The van der Waals surface area contributed by atoms with Crippen LogP contribution in [0.15, 0.2) is 16.5 Å². The minimum absolute atomic E-state index is 0.158. The highest BCUT2D eigenvalue weighted by atomic mass is 16.3. The predicted octanol–water partition coefficient (Wildman–Crippen LogP) is 3.32. The van der Waals surface area contributed by atoms with Crippen molar-refractivity contribution >= 4 is 5.91 Å². The van der Waals surface area contributed by atoms with E-state index >= 15 is 0 Å². The molecule has 1 aliphatic heterocycles. The van der Waals surface area contributed by atoms with Gasteiger partial charge in [-0.25, -0.2) is 0 Å². The molecule has 23 heavy (non-hydrogen) atoms. The summed E-state index contributed by atoms with van der Waals surface area (Å²) in [5.41, 5.74) is 0. The van der Waals surface area contributed by atoms with Crippen LogP contribution in [0.25, 0.3) is 0 Å². The van der Waals surface area contributed by atoms with E-state index < -0.39 is 0 Å². The molecule has 1 saturated heterocycles. The summed E-state index contributed by atoms with van der Waals surface area (Å²) < 4.78 is 5.87. The maximum absolute atomic E-state index is 12.1. The molecule has 2 atom stereocenters. The third-order valence-electron chi connectivity index (χ3n) is 5.38. The third kappa shape index (κ3) is 4.37. The maximum Gasteiger partial charge on any atom is 0.220 e. The van der Waals surface area contributed by atoms with E-state index in [0.29, 0.717) is 30.8 Å². The predicted molar refractivity (Wildman–Crippen MR) is 91.4 cm³/mol. The molecule has 0 aromatic carbocycles. The smallest absolute Gasteiger partial charge is 0.220 e. The molecule has 2 heterocycles. The zero-order valence-corrected chi connectivity index (χ0v) is 14.7. The molecule has 4 heteroatoms. The van der Waals surface area contributed by atoms with E-state index in [1.165, 1.54) is 6.42 Å². The van der Waals surface area contributed by atoms with Crippen molar-refractivity contribution in [2.75, 3.05) is 13.1 Å². The molecular formula is C19H30N2O2. The van der Waals surface area contributed by atoms with Gasteiger partial charge in [0.25, 0.3) is 0 Å². The first-order valence-corrected chi connectivity index (χ1v) is 9.15. The molecule has 1 aromatic rings. The van der Waals surface area contributed by atoms with Gasteiger partial charge in [-0.3, -0.25) is 4.79 Å². The van der Waals surface area contributed by atoms with Gasteiger partial charge in [0.05, 0.1) is 0 Å². The van der Waals surface area contributed by atoms with Crippen LogP contribution < -0.4 is 5.32 Å². The van der Waals surface area contributed by atoms with Crippen LogP contribution in [-0.2, 0) is 11.2 Å². The fourth-order valence-corrected chi connectivity index (χ4v) is 3.54. The molecule has 0 unspecified atom stereocenters. The molecule has 0 radical (unpaired) electrons. The van der Waals surface area contributed by atoms with Gasteiger partial charge in [-0.2, -0.15) is 0 Å². The molecule has 3 rings (SSSR count). The lowest BCUT2D eigenvalue weighted by Gasteiger charge is -2.34. The Labute approximate surface area is 139 Å². The first kappa shape index (κ1) is 16.6. The summed E-state index contributed by atoms with van der Waals surface area (Å²) in [6.07, 6.45) is 4.60. The van der Waals surface area contributed by atoms with Gasteiger partial charge in [-0.15, -0.1) is 0 Å². The summed E-state index contributed by atoms with van der Waals surface area (Å²) in [5, 5.41) is 3.19. The van der Waals surface area contributed by atoms with Crippen molar-refractivity contribution < 1.29 is 9.21 Å². The molecular weight excluding hydrogens is 288 g/mol. The fourth-order valence-electron chi connectivity index (χ4n) is 3.54. The summed E-state index contributed by atoms with van der Waals surface area (Å²) >= 11 is 0. The van der Waals surface area contributed by atoms with E-state index in [9.17, 15) is 4.79 Å². The SMILES string of the molecule is CC(C)N1CCC(NC(=O)CCc2ccc([C@@H]3C[C@@H]3C)o2)CC1. The standard InChI is InChI=1S/C19H30N2O2/c1-13(2)21-10-8-15(9-11-21)20-19(22)7-5-16-4-6-18(23-16)17-12-14(17)3/h4,6,13-15,17H,5,7-12H2,1-3H3,(H,20,22)/t14-,17+/m0/s1. The topological polar surface area (TPSA) is 45.5 Å². The van der Waals surface area contributed by atoms with Gasteiger partial charge in [0.15, 0.2) is 0 Å². The van der Waals surface area contributed by atoms with Gasteiger partial charge in [0.2, 0.25) is 5.91 Å². The number of likely N-dealkylation sites (tertiary alicyclic amines) is 1. The van der Waals surface area contributed by atoms with E-state index in [2.05, 4.69) is 37.1 Å². The van der Waals surface area contributed by atoms with Crippen molar-refractivity contribution in [2.45, 2.75) is 70.9 Å². The second-order valence-corrected chi connectivity index (χ2v) is 7.60. The number of nitrogens with one attached hydrogen (secondary N) is 1. The third-order valence-corrected chi connectivity index (χ3v) is 5.38. The maximum atomic E-state index is 12.1. The molecule has 0 spiro atoms. The number of carbonyl (C=O) groups excluding carboxylic acids is 1. The normalized spacial score (nSPS) is 25.7. The molecule has 1 N–H and O–H groups in total. The quantitative estimate of drug-likeness (QED) is 0.875. The van der Waals surface area contributed by atoms with Gasteiger partial charge in [0.1, 0.15) is 11.5 Å². The summed E-state index contributed by atoms with van der Waals surface area (Å²) in [6.45, 7) is 8.90. The molecule has 2 aliphatic rings. The lowest BCUT2D eigenvalue weighted by Crippen LogP contribution is -2.46. The first-order valence-electron chi connectivity index (χ1n) is 9.15. The van der Waals surface area contributed by atoms with Crippen molar-refractivity contribution in [1.29, 1.82) is 0 Å². The Bertz CT molecular complexity index is 529. The zero-order valence-electron chi connectivity index (χ0n) is 14.7. The van der Waals surface area contributed by atoms with Crippen molar-refractivity contribution in [2.24, 2.45) is 5.92 Å². The van der Waals surface area contributed by atoms with E-state index in [-0.39, 0.29) is 5.91 Å². The molecule has 1 aliphatic carbocycles. The molecule has 0 bridgehead atoms. The van der Waals surface area contributed by atoms with E-state index in [0.717, 1.165) is 43.4 Å². The Morgan fingerprint density at radius 2 is 2.04 bits per heavy atom. The number of carbonyl (C=O) groups is 1. The van der Waals surface area contributed by atoms with Gasteiger partial charge >= 0.3 is 0 Å². The highest BCUT2D eigenvalue weighted by Crippen LogP contribution is 2.47. The summed E-state index contributed by atoms with van der Waals surface area (Å²) in [5.74, 6) is 3.58. The number of hydrogen-bond donors (Lipinski definition) is 1. The largest absolute Gasteiger partial charge is 0.466 e. The number of amides is 1. The number of furan rings is 1. The zero-order chi connectivity index (χ0) is 16.4. The average Bonchev–Trinajstić information content (AvgIpc) is 3.08. The molecule has 128 valence electrons. The second kappa shape index (κ2) is 7.08. The lowest BCUT2D eigenvalue weighted by atomic mass is 10.0. The monoisotopic (exact) mass is 318 g/mol. The Balaban J connectivity index is 1.37. The summed E-state index contributed by atoms with van der Waals surface area (Å²) in [4.78, 5) is 14.6. The second-order valence-electron chi connectivity index (χ2n) is 7.60.